The van der Waals surface area contributed by atoms with Crippen molar-refractivity contribution in [2.24, 2.45) is 0 Å². The molecule has 1 aliphatic heterocycles. The normalized spacial score (nSPS) is 18.0. The molecule has 0 bridgehead atoms. The molecule has 1 aromatic carbocycles. The minimum absolute atomic E-state index is 0.0777. The number of nitrogens with zero attached hydrogens (tertiary/aromatic N) is 1. The van der Waals surface area contributed by atoms with E-state index in [0.29, 0.717) is 39.0 Å². The molecule has 5 nitrogen and oxygen atoms in total. The molecule has 1 amide bonds. The van der Waals surface area contributed by atoms with E-state index >= 15 is 0 Å². The Morgan fingerprint density at radius 2 is 1.96 bits per heavy atom. The second-order valence-electron chi connectivity index (χ2n) is 6.17. The van der Waals surface area contributed by atoms with E-state index in [9.17, 15) is 14.7 Å². The fourth-order valence-corrected chi connectivity index (χ4v) is 3.15. The lowest BCUT2D eigenvalue weighted by molar-refractivity contribution is -0.151. The largest absolute Gasteiger partial charge is 0.481 e. The van der Waals surface area contributed by atoms with Crippen molar-refractivity contribution in [3.63, 3.8) is 0 Å². The Kier molecular flexibility index (Phi) is 6.15. The van der Waals surface area contributed by atoms with Gasteiger partial charge in [-0.2, -0.15) is 0 Å². The Morgan fingerprint density at radius 3 is 2.50 bits per heavy atom. The molecular weight excluding hydrogens is 306 g/mol. The molecule has 1 atom stereocenters. The third-order valence-corrected chi connectivity index (χ3v) is 4.70. The monoisotopic (exact) mass is 331 g/mol. The van der Waals surface area contributed by atoms with Crippen molar-refractivity contribution in [1.29, 1.82) is 0 Å². The number of carbonyl (C=O) groups is 2. The van der Waals surface area contributed by atoms with Crippen LogP contribution in [0.3, 0.4) is 0 Å². The predicted molar refractivity (Wildman–Crippen MR) is 91.8 cm³/mol. The summed E-state index contributed by atoms with van der Waals surface area (Å²) in [5, 5.41) is 9.78. The van der Waals surface area contributed by atoms with Gasteiger partial charge in [-0.1, -0.05) is 36.4 Å². The smallest absolute Gasteiger partial charge is 0.314 e. The number of carbonyl (C=O) groups excluding carboxylic acids is 1. The van der Waals surface area contributed by atoms with Crippen LogP contribution in [0.15, 0.2) is 43.0 Å². The molecule has 0 aliphatic carbocycles. The maximum Gasteiger partial charge on any atom is 0.314 e. The first-order valence-electron chi connectivity index (χ1n) is 8.31. The van der Waals surface area contributed by atoms with Gasteiger partial charge < -0.3 is 14.7 Å². The zero-order valence-corrected chi connectivity index (χ0v) is 14.1. The predicted octanol–water partition coefficient (Wildman–Crippen LogP) is 2.61. The van der Waals surface area contributed by atoms with E-state index in [4.69, 9.17) is 4.74 Å². The summed E-state index contributed by atoms with van der Waals surface area (Å²) in [6.45, 7) is 6.68. The molecule has 0 saturated carbocycles. The van der Waals surface area contributed by atoms with E-state index in [-0.39, 0.29) is 5.91 Å². The molecule has 1 unspecified atom stereocenters. The Labute approximate surface area is 142 Å². The summed E-state index contributed by atoms with van der Waals surface area (Å²) in [6.07, 6.45) is 2.76. The number of benzene rings is 1. The van der Waals surface area contributed by atoms with Crippen LogP contribution in [-0.4, -0.2) is 47.7 Å². The Morgan fingerprint density at radius 1 is 1.33 bits per heavy atom. The fourth-order valence-electron chi connectivity index (χ4n) is 3.15. The van der Waals surface area contributed by atoms with Crippen molar-refractivity contribution < 1.29 is 19.4 Å². The van der Waals surface area contributed by atoms with Crippen molar-refractivity contribution in [1.82, 2.24) is 4.90 Å². The van der Waals surface area contributed by atoms with Crippen LogP contribution in [0.25, 0.3) is 0 Å². The van der Waals surface area contributed by atoms with Gasteiger partial charge in [-0.25, -0.2) is 0 Å². The van der Waals surface area contributed by atoms with E-state index < -0.39 is 17.5 Å². The number of amides is 1. The first-order valence-corrected chi connectivity index (χ1v) is 8.31. The van der Waals surface area contributed by atoms with Gasteiger partial charge in [0.25, 0.3) is 5.91 Å². The van der Waals surface area contributed by atoms with Crippen LogP contribution in [0.4, 0.5) is 0 Å². The molecule has 24 heavy (non-hydrogen) atoms. The molecule has 5 heteroatoms. The van der Waals surface area contributed by atoms with E-state index in [1.807, 2.05) is 30.3 Å². The molecule has 1 N–H and O–H groups in total. The quantitative estimate of drug-likeness (QED) is 0.616. The van der Waals surface area contributed by atoms with Crippen LogP contribution in [0.5, 0.6) is 0 Å². The first-order chi connectivity index (χ1) is 11.5. The number of piperidine rings is 1. The van der Waals surface area contributed by atoms with Gasteiger partial charge in [0.15, 0.2) is 0 Å². The molecule has 2 rings (SSSR count). The van der Waals surface area contributed by atoms with E-state index in [2.05, 4.69) is 6.58 Å². The summed E-state index contributed by atoms with van der Waals surface area (Å²) in [4.78, 5) is 26.1. The number of aliphatic carboxylic acids is 1. The van der Waals surface area contributed by atoms with Crippen molar-refractivity contribution in [2.45, 2.75) is 37.7 Å². The third kappa shape index (κ3) is 3.85. The minimum atomic E-state index is -0.912. The maximum atomic E-state index is 12.4. The minimum Gasteiger partial charge on any atom is -0.481 e. The Balaban J connectivity index is 2.02. The lowest BCUT2D eigenvalue weighted by atomic mass is 9.73. The van der Waals surface area contributed by atoms with E-state index in [1.165, 1.54) is 0 Å². The number of ether oxygens (including phenoxy) is 1. The molecule has 1 saturated heterocycles. The molecule has 1 aliphatic rings. The van der Waals surface area contributed by atoms with Crippen LogP contribution in [0, 0.1) is 0 Å². The zero-order valence-electron chi connectivity index (χ0n) is 14.1. The highest BCUT2D eigenvalue weighted by Gasteiger charge is 2.44. The zero-order chi connectivity index (χ0) is 17.6. The highest BCUT2D eigenvalue weighted by atomic mass is 16.5. The Bertz CT molecular complexity index is 576. The Hall–Kier alpha value is -2.14. The molecule has 1 fully saturated rings. The highest BCUT2D eigenvalue weighted by Crippen LogP contribution is 2.36. The molecule has 1 aromatic rings. The van der Waals surface area contributed by atoms with E-state index in [1.54, 1.807) is 17.9 Å². The summed E-state index contributed by atoms with van der Waals surface area (Å²) in [7, 11) is 0. The fraction of sp³-hybridized carbons (Fsp3) is 0.474. The van der Waals surface area contributed by atoms with Crippen LogP contribution in [0.1, 0.15) is 31.7 Å². The number of likely N-dealkylation sites (tertiary alicyclic amines) is 1. The number of carboxylic acids is 1. The number of hydrogen-bond acceptors (Lipinski definition) is 3. The lowest BCUT2D eigenvalue weighted by Gasteiger charge is -2.40. The topological polar surface area (TPSA) is 66.8 Å². The average molecular weight is 331 g/mol. The van der Waals surface area contributed by atoms with Crippen molar-refractivity contribution >= 4 is 11.9 Å². The van der Waals surface area contributed by atoms with Crippen LogP contribution < -0.4 is 0 Å². The molecule has 0 spiro atoms. The first kappa shape index (κ1) is 18.2. The highest BCUT2D eigenvalue weighted by molar-refractivity contribution is 5.84. The summed E-state index contributed by atoms with van der Waals surface area (Å²) in [6, 6.07) is 9.29. The second-order valence-corrected chi connectivity index (χ2v) is 6.17. The molecule has 1 heterocycles. The molecule has 0 radical (unpaired) electrons. The molecule has 130 valence electrons. The standard InChI is InChI=1S/C19H25NO4/c1-3-4-14-24-15(2)17(21)20-12-10-19(11-13-20,18(22)23)16-8-6-5-7-9-16/h3,5-9,15H,1,4,10-14H2,2H3,(H,22,23). The van der Waals surface area contributed by atoms with Gasteiger partial charge in [0.05, 0.1) is 12.0 Å². The summed E-state index contributed by atoms with van der Waals surface area (Å²) in [5.74, 6) is -0.901. The number of hydrogen-bond donors (Lipinski definition) is 1. The van der Waals surface area contributed by atoms with Gasteiger partial charge in [0.2, 0.25) is 0 Å². The third-order valence-electron chi connectivity index (χ3n) is 4.70. The van der Waals surface area contributed by atoms with E-state index in [0.717, 1.165) is 5.56 Å². The van der Waals surface area contributed by atoms with Crippen molar-refractivity contribution in [3.05, 3.63) is 48.6 Å². The second kappa shape index (κ2) is 8.11. The van der Waals surface area contributed by atoms with Gasteiger partial charge in [-0.3, -0.25) is 9.59 Å². The maximum absolute atomic E-state index is 12.4. The number of carboxylic acid groups (broad SMARTS) is 1. The molecule has 0 aromatic heterocycles. The van der Waals surface area contributed by atoms with Gasteiger partial charge in [-0.15, -0.1) is 6.58 Å². The van der Waals surface area contributed by atoms with Gasteiger partial charge in [0.1, 0.15) is 6.10 Å². The summed E-state index contributed by atoms with van der Waals surface area (Å²) in [5.41, 5.74) is -0.106. The van der Waals surface area contributed by atoms with Gasteiger partial charge in [0, 0.05) is 13.1 Å². The SMILES string of the molecule is C=CCCOC(C)C(=O)N1CCC(C(=O)O)(c2ccccc2)CC1. The van der Waals surface area contributed by atoms with Gasteiger partial charge in [-0.05, 0) is 31.7 Å². The average Bonchev–Trinajstić information content (AvgIpc) is 2.62. The van der Waals surface area contributed by atoms with Crippen molar-refractivity contribution in [2.75, 3.05) is 19.7 Å². The van der Waals surface area contributed by atoms with Crippen LogP contribution >= 0.6 is 0 Å². The van der Waals surface area contributed by atoms with Crippen LogP contribution in [0.2, 0.25) is 0 Å². The lowest BCUT2D eigenvalue weighted by Crippen LogP contribution is -2.51. The summed E-state index contributed by atoms with van der Waals surface area (Å²) >= 11 is 0. The summed E-state index contributed by atoms with van der Waals surface area (Å²) < 4.78 is 5.50. The number of rotatable bonds is 7. The van der Waals surface area contributed by atoms with Crippen molar-refractivity contribution in [3.8, 4) is 0 Å². The van der Waals surface area contributed by atoms with Gasteiger partial charge >= 0.3 is 5.97 Å². The van der Waals surface area contributed by atoms with Crippen LogP contribution in [-0.2, 0) is 19.7 Å². The molecular formula is C19H25NO4.